The van der Waals surface area contributed by atoms with Gasteiger partial charge in [-0.3, -0.25) is 11.2 Å². The van der Waals surface area contributed by atoms with Crippen LogP contribution in [0, 0.1) is 6.92 Å². The molecule has 0 amide bonds. The topological polar surface area (TPSA) is 41.3 Å². The van der Waals surface area contributed by atoms with Gasteiger partial charge >= 0.3 is 0 Å². The Morgan fingerprint density at radius 3 is 1.72 bits per heavy atom. The maximum atomic E-state index is 5.43. The first-order chi connectivity index (χ1) is 15.1. The maximum absolute atomic E-state index is 5.43. The molecule has 0 unspecified atom stereocenters. The minimum Gasteiger partial charge on any atom is -0.299 e. The first-order valence-electron chi connectivity index (χ1n) is 11.4. The molecule has 3 aromatic rings. The monoisotopic (exact) mass is 437 g/mol. The van der Waals surface area contributed by atoms with Crippen LogP contribution in [0.25, 0.3) is 11.1 Å². The van der Waals surface area contributed by atoms with Gasteiger partial charge in [0.05, 0.1) is 6.67 Å². The van der Waals surface area contributed by atoms with Crippen LogP contribution < -0.4 is 11.2 Å². The zero-order valence-corrected chi connectivity index (χ0v) is 20.4. The van der Waals surface area contributed by atoms with Gasteiger partial charge in [0.2, 0.25) is 0 Å². The molecular formula is C29H47N3. The number of nitrogens with zero attached hydrogens (tertiary/aromatic N) is 1. The summed E-state index contributed by atoms with van der Waals surface area (Å²) in [5.41, 5.74) is 5.16. The number of nitrogens with one attached hydrogen (secondary N) is 1. The van der Waals surface area contributed by atoms with Crippen molar-refractivity contribution in [3.05, 3.63) is 96.1 Å². The molecule has 0 aliphatic rings. The van der Waals surface area contributed by atoms with Gasteiger partial charge in [-0.1, -0.05) is 138 Å². The molecule has 3 N–H and O–H groups in total. The van der Waals surface area contributed by atoms with E-state index in [4.69, 9.17) is 5.84 Å². The first kappa shape index (κ1) is 31.7. The Balaban J connectivity index is 0. The van der Waals surface area contributed by atoms with E-state index in [-0.39, 0.29) is 7.43 Å². The van der Waals surface area contributed by atoms with Gasteiger partial charge in [0.1, 0.15) is 0 Å². The van der Waals surface area contributed by atoms with Crippen molar-refractivity contribution < 1.29 is 0 Å². The summed E-state index contributed by atoms with van der Waals surface area (Å²) in [5, 5.41) is 4.82. The Hall–Kier alpha value is -2.46. The number of benzene rings is 3. The predicted octanol–water partition coefficient (Wildman–Crippen LogP) is 7.67. The first-order valence-corrected chi connectivity index (χ1v) is 11.4. The Morgan fingerprint density at radius 1 is 0.750 bits per heavy atom. The van der Waals surface area contributed by atoms with E-state index in [2.05, 4.69) is 86.8 Å². The summed E-state index contributed by atoms with van der Waals surface area (Å²) in [7, 11) is 1.83. The molecule has 0 radical (unpaired) electrons. The summed E-state index contributed by atoms with van der Waals surface area (Å²) >= 11 is 0. The number of hydrogen-bond acceptors (Lipinski definition) is 3. The molecule has 0 saturated carbocycles. The van der Waals surface area contributed by atoms with E-state index >= 15 is 0 Å². The third kappa shape index (κ3) is 16.3. The lowest BCUT2D eigenvalue weighted by Gasteiger charge is -2.10. The van der Waals surface area contributed by atoms with Crippen LogP contribution in [-0.2, 0) is 6.54 Å². The predicted molar refractivity (Wildman–Crippen MR) is 145 cm³/mol. The molecule has 178 valence electrons. The highest BCUT2D eigenvalue weighted by molar-refractivity contribution is 5.63. The van der Waals surface area contributed by atoms with Crippen molar-refractivity contribution in [1.82, 2.24) is 10.3 Å². The molecule has 0 spiro atoms. The molecule has 0 atom stereocenters. The van der Waals surface area contributed by atoms with Crippen molar-refractivity contribution in [1.29, 1.82) is 0 Å². The van der Waals surface area contributed by atoms with Crippen molar-refractivity contribution >= 4 is 0 Å². The Bertz CT molecular complexity index is 754. The molecule has 0 heterocycles. The van der Waals surface area contributed by atoms with Gasteiger partial charge in [0.15, 0.2) is 0 Å². The number of nitrogens with two attached hydrogens (primary N) is 1. The number of rotatable bonds is 6. The van der Waals surface area contributed by atoms with Crippen LogP contribution in [0.15, 0.2) is 84.9 Å². The normalized spacial score (nSPS) is 9.12. The highest BCUT2D eigenvalue weighted by atomic mass is 15.4. The molecule has 0 fully saturated rings. The van der Waals surface area contributed by atoms with Gasteiger partial charge in [0.25, 0.3) is 0 Å². The van der Waals surface area contributed by atoms with Crippen molar-refractivity contribution in [2.75, 3.05) is 13.7 Å². The fourth-order valence-electron chi connectivity index (χ4n) is 2.43. The summed E-state index contributed by atoms with van der Waals surface area (Å²) in [6.45, 7) is 12.0. The number of unbranched alkanes of at least 4 members (excludes halogenated alkanes) is 1. The van der Waals surface area contributed by atoms with Gasteiger partial charge in [-0.15, -0.1) is 0 Å². The quantitative estimate of drug-likeness (QED) is 0.236. The summed E-state index contributed by atoms with van der Waals surface area (Å²) in [6.07, 6.45) is 2.64. The molecular weight excluding hydrogens is 390 g/mol. The fourth-order valence-corrected chi connectivity index (χ4v) is 2.43. The van der Waals surface area contributed by atoms with Crippen molar-refractivity contribution in [2.24, 2.45) is 5.84 Å². The van der Waals surface area contributed by atoms with Crippen LogP contribution in [0.2, 0.25) is 0 Å². The van der Waals surface area contributed by atoms with Crippen LogP contribution >= 0.6 is 0 Å². The molecule has 0 aromatic heterocycles. The molecule has 0 bridgehead atoms. The lowest BCUT2D eigenvalue weighted by atomic mass is 10.0. The summed E-state index contributed by atoms with van der Waals surface area (Å²) in [6, 6.07) is 29.2. The van der Waals surface area contributed by atoms with Crippen molar-refractivity contribution in [3.63, 3.8) is 0 Å². The average molecular weight is 438 g/mol. The molecule has 32 heavy (non-hydrogen) atoms. The fraction of sp³-hybridized carbons (Fsp3) is 0.379. The third-order valence-corrected chi connectivity index (χ3v) is 4.16. The Kier molecular flexibility index (Phi) is 21.6. The maximum Gasteiger partial charge on any atom is 0.0617 e. The van der Waals surface area contributed by atoms with Crippen LogP contribution in [0.4, 0.5) is 0 Å². The van der Waals surface area contributed by atoms with Gasteiger partial charge in [-0.2, -0.15) is 0 Å². The molecule has 0 aliphatic heterocycles. The number of hydrazine groups is 1. The standard InChI is InChI=1S/C13H12.C9H15N3.C4H10.C2H6.CH4/c1-11-6-5-9-13(10-11)12-7-3-2-4-8-12;1-12(10)8-11-7-9-5-3-2-4-6-9;1-3-4-2;1-2;/h2-10H,1H3;2-6,11H,7-8,10H2,1H3;3-4H2,1-2H3;1-2H3;1H4. The molecule has 3 rings (SSSR count). The van der Waals surface area contributed by atoms with Crippen LogP contribution in [-0.4, -0.2) is 18.7 Å². The largest absolute Gasteiger partial charge is 0.299 e. The SMILES string of the molecule is C.CC.CCCC.CN(N)CNCc1ccccc1.Cc1cccc(-c2ccccc2)c1. The van der Waals surface area contributed by atoms with E-state index in [0.717, 1.165) is 6.54 Å². The van der Waals surface area contributed by atoms with Crippen molar-refractivity contribution in [3.8, 4) is 11.1 Å². The summed E-state index contributed by atoms with van der Waals surface area (Å²) < 4.78 is 0. The smallest absolute Gasteiger partial charge is 0.0617 e. The van der Waals surface area contributed by atoms with Crippen LogP contribution in [0.3, 0.4) is 0 Å². The summed E-state index contributed by atoms with van der Waals surface area (Å²) in [5.74, 6) is 5.43. The highest BCUT2D eigenvalue weighted by Crippen LogP contribution is 2.19. The Labute approximate surface area is 198 Å². The van der Waals surface area contributed by atoms with Crippen LogP contribution in [0.1, 0.15) is 59.1 Å². The zero-order valence-electron chi connectivity index (χ0n) is 20.4. The lowest BCUT2D eigenvalue weighted by molar-refractivity contribution is 0.317. The van der Waals surface area contributed by atoms with E-state index in [1.807, 2.05) is 45.2 Å². The van der Waals surface area contributed by atoms with Gasteiger partial charge in [-0.05, 0) is 23.6 Å². The third-order valence-electron chi connectivity index (χ3n) is 4.16. The highest BCUT2D eigenvalue weighted by Gasteiger charge is 1.94. The second-order valence-corrected chi connectivity index (χ2v) is 7.06. The molecule has 3 aromatic carbocycles. The van der Waals surface area contributed by atoms with E-state index in [9.17, 15) is 0 Å². The second kappa shape index (κ2) is 21.8. The minimum atomic E-state index is 0. The average Bonchev–Trinajstić information content (AvgIpc) is 2.82. The molecule has 0 aliphatic carbocycles. The van der Waals surface area contributed by atoms with Gasteiger partial charge in [0, 0.05) is 13.6 Å². The molecule has 0 saturated heterocycles. The number of aryl methyl sites for hydroxylation is 1. The Morgan fingerprint density at radius 2 is 1.25 bits per heavy atom. The van der Waals surface area contributed by atoms with E-state index < -0.39 is 0 Å². The van der Waals surface area contributed by atoms with Crippen molar-refractivity contribution in [2.45, 2.75) is 61.4 Å². The van der Waals surface area contributed by atoms with Gasteiger partial charge in [-0.25, -0.2) is 5.01 Å². The van der Waals surface area contributed by atoms with E-state index in [1.54, 1.807) is 5.01 Å². The summed E-state index contributed by atoms with van der Waals surface area (Å²) in [4.78, 5) is 0. The minimum absolute atomic E-state index is 0. The van der Waals surface area contributed by atoms with Gasteiger partial charge < -0.3 is 0 Å². The molecule has 3 nitrogen and oxygen atoms in total. The van der Waals surface area contributed by atoms with Crippen LogP contribution in [0.5, 0.6) is 0 Å². The molecule has 3 heteroatoms. The second-order valence-electron chi connectivity index (χ2n) is 7.06. The van der Waals surface area contributed by atoms with E-state index in [0.29, 0.717) is 6.67 Å². The van der Waals surface area contributed by atoms with E-state index in [1.165, 1.54) is 35.1 Å². The zero-order chi connectivity index (χ0) is 23.3. The lowest BCUT2D eigenvalue weighted by Crippen LogP contribution is -2.35. The number of hydrogen-bond donors (Lipinski definition) is 2.